The van der Waals surface area contributed by atoms with Gasteiger partial charge in [-0.1, -0.05) is 218 Å². The molecule has 12 aromatic rings. The number of rotatable bonds is 12. The van der Waals surface area contributed by atoms with Crippen LogP contribution >= 0.6 is 31.7 Å². The monoisotopic (exact) mass is 1830 g/mol. The Morgan fingerprint density at radius 2 is 0.163 bits per heavy atom. The maximum absolute atomic E-state index is 2.24. The smallest absolute Gasteiger partial charge is 0.0620 e. The van der Waals surface area contributed by atoms with Gasteiger partial charge in [-0.25, -0.2) is 0 Å². The number of hydrogen-bond donors (Lipinski definition) is 0. The quantitative estimate of drug-likeness (QED) is 0.107. The normalized spacial score (nSPS) is 10.1. The third-order valence-electron chi connectivity index (χ3n) is 12.7. The molecule has 12 rings (SSSR count). The van der Waals surface area contributed by atoms with Gasteiger partial charge in [0.1, 0.15) is 63.7 Å². The zero-order valence-corrected chi connectivity index (χ0v) is 57.0. The summed E-state index contributed by atoms with van der Waals surface area (Å²) in [5.41, 5.74) is 0. The second-order valence-corrected chi connectivity index (χ2v) is 27.8. The Morgan fingerprint density at radius 1 is 0.100 bits per heavy atom. The molecule has 408 valence electrons. The molecule has 0 aromatic heterocycles. The first kappa shape index (κ1) is 65.9. The first-order valence-corrected chi connectivity index (χ1v) is 31.9. The molecule has 12 aromatic carbocycles. The Labute approximate surface area is 538 Å². The first-order valence-electron chi connectivity index (χ1n) is 25.9. The number of benzene rings is 12. The Hall–Kier alpha value is -4.89. The molecule has 0 aliphatic carbocycles. The zero-order valence-electron chi connectivity index (χ0n) is 43.9. The second kappa shape index (κ2) is 37.3. The summed E-state index contributed by atoms with van der Waals surface area (Å²) in [5, 5.41) is 17.2. The summed E-state index contributed by atoms with van der Waals surface area (Å²) in [4.78, 5) is 0. The van der Waals surface area contributed by atoms with Crippen LogP contribution in [0.2, 0.25) is 0 Å². The molecule has 0 spiro atoms. The van der Waals surface area contributed by atoms with Gasteiger partial charge in [-0.3, -0.25) is 0 Å². The van der Waals surface area contributed by atoms with Crippen molar-refractivity contribution < 1.29 is 84.3 Å². The molecule has 0 unspecified atom stereocenters. The van der Waals surface area contributed by atoms with Crippen molar-refractivity contribution in [2.24, 2.45) is 0 Å². The molecular weight excluding hydrogens is 1770 g/mol. The maximum atomic E-state index is 2.24. The van der Waals surface area contributed by atoms with E-state index < -0.39 is 31.7 Å². The van der Waals surface area contributed by atoms with Crippen LogP contribution in [0.3, 0.4) is 0 Å². The van der Waals surface area contributed by atoms with Gasteiger partial charge in [-0.15, -0.1) is 0 Å². The van der Waals surface area contributed by atoms with E-state index in [1.54, 1.807) is 0 Å². The van der Waals surface area contributed by atoms with Crippen LogP contribution in [0.4, 0.5) is 0 Å². The van der Waals surface area contributed by atoms with Crippen LogP contribution in [0.15, 0.2) is 364 Å². The average Bonchev–Trinajstić information content (AvgIpc) is 3.52. The summed E-state index contributed by atoms with van der Waals surface area (Å²) in [7, 11) is -3.51. The van der Waals surface area contributed by atoms with Gasteiger partial charge in [-0.2, -0.15) is 0 Å². The Kier molecular flexibility index (Phi) is 30.7. The summed E-state index contributed by atoms with van der Waals surface area (Å²) < 4.78 is 0. The van der Waals surface area contributed by atoms with Crippen LogP contribution in [0.5, 0.6) is 0 Å². The largest absolute Gasteiger partial charge is 0.102 e. The van der Waals surface area contributed by atoms with Crippen molar-refractivity contribution in [1.29, 1.82) is 0 Å². The Balaban J connectivity index is 0.000000193. The van der Waals surface area contributed by atoms with Gasteiger partial charge in [0, 0.05) is 84.3 Å². The molecule has 0 saturated carbocycles. The number of hydrogen-bond acceptors (Lipinski definition) is 0. The zero-order chi connectivity index (χ0) is 51.7. The minimum Gasteiger partial charge on any atom is -0.0620 e. The van der Waals surface area contributed by atoms with Crippen molar-refractivity contribution in [2.75, 3.05) is 0 Å². The van der Waals surface area contributed by atoms with Crippen LogP contribution in [-0.2, 0) is 84.3 Å². The van der Waals surface area contributed by atoms with Gasteiger partial charge >= 0.3 is 0 Å². The molecule has 0 saturated heterocycles. The molecule has 0 heterocycles. The summed E-state index contributed by atoms with van der Waals surface area (Å²) in [6, 6.07) is 130. The SMILES string of the molecule is [Pt].[Pt].[Pt].[Pt].c1ccc([PH+](c2ccccc2)c2ccccc2)cc1.c1ccc([PH+](c2ccccc2)c2ccccc2)cc1.c1ccc([PH+](c2ccccc2)c2ccccc2)cc1.c1ccc([PH+](c2ccccc2)c2ccccc2)cc1. The van der Waals surface area contributed by atoms with Crippen LogP contribution in [-0.4, -0.2) is 0 Å². The maximum Gasteiger partial charge on any atom is 0.102 e. The van der Waals surface area contributed by atoms with E-state index in [9.17, 15) is 0 Å². The molecule has 0 amide bonds. The minimum atomic E-state index is -0.877. The van der Waals surface area contributed by atoms with E-state index in [2.05, 4.69) is 364 Å². The topological polar surface area (TPSA) is 0 Å². The van der Waals surface area contributed by atoms with Gasteiger partial charge in [0.15, 0.2) is 0 Å². The summed E-state index contributed by atoms with van der Waals surface area (Å²) in [6.45, 7) is 0. The van der Waals surface area contributed by atoms with Gasteiger partial charge in [0.2, 0.25) is 0 Å². The van der Waals surface area contributed by atoms with Gasteiger partial charge in [-0.05, 0) is 146 Å². The van der Waals surface area contributed by atoms with Crippen molar-refractivity contribution in [3.63, 3.8) is 0 Å². The Morgan fingerprint density at radius 3 is 0.225 bits per heavy atom. The Bertz CT molecular complexity index is 2590. The van der Waals surface area contributed by atoms with Crippen molar-refractivity contribution in [3.05, 3.63) is 364 Å². The predicted octanol–water partition coefficient (Wildman–Crippen LogP) is 12.7. The average molecular weight is 1830 g/mol. The van der Waals surface area contributed by atoms with E-state index in [1.807, 2.05) is 0 Å². The minimum absolute atomic E-state index is 0. The fourth-order valence-corrected chi connectivity index (χ4v) is 19.6. The molecule has 0 aliphatic rings. The molecule has 0 radical (unpaired) electrons. The summed E-state index contributed by atoms with van der Waals surface area (Å²) >= 11 is 0. The van der Waals surface area contributed by atoms with Crippen LogP contribution in [0.1, 0.15) is 0 Å². The third-order valence-corrected chi connectivity index (χ3v) is 23.7. The van der Waals surface area contributed by atoms with Crippen molar-refractivity contribution >= 4 is 95.3 Å². The summed E-state index contributed by atoms with van der Waals surface area (Å²) in [5.74, 6) is 0. The van der Waals surface area contributed by atoms with E-state index in [-0.39, 0.29) is 84.3 Å². The van der Waals surface area contributed by atoms with Crippen molar-refractivity contribution in [3.8, 4) is 0 Å². The second-order valence-electron chi connectivity index (χ2n) is 17.9. The molecular formula is C72H64P4Pt4+4. The molecule has 0 fully saturated rings. The van der Waals surface area contributed by atoms with Gasteiger partial charge in [0.25, 0.3) is 0 Å². The third kappa shape index (κ3) is 19.6. The van der Waals surface area contributed by atoms with Crippen LogP contribution in [0.25, 0.3) is 0 Å². The van der Waals surface area contributed by atoms with E-state index in [4.69, 9.17) is 0 Å². The molecule has 80 heavy (non-hydrogen) atoms. The standard InChI is InChI=1S/4C18H15P.4Pt/c4*1-4-10-16(11-5-1)19(17-12-6-2-7-13-17)18-14-8-3-9-15-18;;;;/h4*1-15H;;;;/p+4. The van der Waals surface area contributed by atoms with Crippen molar-refractivity contribution in [1.82, 2.24) is 0 Å². The van der Waals surface area contributed by atoms with Gasteiger partial charge in [0.05, 0.1) is 31.7 Å². The van der Waals surface area contributed by atoms with E-state index in [1.165, 1.54) is 63.7 Å². The van der Waals surface area contributed by atoms with Crippen LogP contribution < -0.4 is 63.7 Å². The molecule has 8 heteroatoms. The predicted molar refractivity (Wildman–Crippen MR) is 346 cm³/mol. The van der Waals surface area contributed by atoms with E-state index in [0.717, 1.165) is 0 Å². The summed E-state index contributed by atoms with van der Waals surface area (Å²) in [6.07, 6.45) is 0. The van der Waals surface area contributed by atoms with Crippen molar-refractivity contribution in [2.45, 2.75) is 0 Å². The molecule has 0 nitrogen and oxygen atoms in total. The molecule has 0 atom stereocenters. The first-order chi connectivity index (χ1) is 37.8. The van der Waals surface area contributed by atoms with Gasteiger partial charge < -0.3 is 0 Å². The molecule has 0 bridgehead atoms. The molecule has 0 N–H and O–H groups in total. The van der Waals surface area contributed by atoms with E-state index in [0.29, 0.717) is 0 Å². The molecule has 0 aliphatic heterocycles. The van der Waals surface area contributed by atoms with E-state index >= 15 is 0 Å². The fraction of sp³-hybridized carbons (Fsp3) is 0. The van der Waals surface area contributed by atoms with Crippen LogP contribution in [0, 0.1) is 0 Å². The fourth-order valence-electron chi connectivity index (χ4n) is 9.26.